The molecular weight excluding hydrogens is 323 g/mol. The molecule has 1 aromatic heterocycles. The van der Waals surface area contributed by atoms with E-state index in [0.717, 1.165) is 25.2 Å². The van der Waals surface area contributed by atoms with Gasteiger partial charge in [0.15, 0.2) is 11.1 Å². The second kappa shape index (κ2) is 6.88. The average Bonchev–Trinajstić information content (AvgIpc) is 2.96. The normalized spacial score (nSPS) is 18.5. The summed E-state index contributed by atoms with van der Waals surface area (Å²) in [5.41, 5.74) is 0. The molecule has 0 radical (unpaired) electrons. The molecule has 0 aromatic carbocycles. The van der Waals surface area contributed by atoms with E-state index in [4.69, 9.17) is 4.74 Å². The Morgan fingerprint density at radius 2 is 2.00 bits per heavy atom. The van der Waals surface area contributed by atoms with E-state index >= 15 is 0 Å². The number of hydrogen-bond acceptors (Lipinski definition) is 5. The first kappa shape index (κ1) is 17.1. The first-order chi connectivity index (χ1) is 10.3. The Bertz CT molecular complexity index is 574. The molecule has 22 heavy (non-hydrogen) atoms. The van der Waals surface area contributed by atoms with E-state index in [1.807, 2.05) is 4.72 Å². The number of halogens is 3. The molecule has 10 heteroatoms. The molecule has 0 aliphatic heterocycles. The number of nitrogens with zero attached hydrogens (tertiary/aromatic N) is 2. The molecule has 1 aliphatic carbocycles. The lowest BCUT2D eigenvalue weighted by atomic mass is 10.3. The van der Waals surface area contributed by atoms with Gasteiger partial charge in [-0.2, -0.15) is 13.2 Å². The third-order valence-corrected chi connectivity index (χ3v) is 4.61. The fraction of sp³-hybridized carbons (Fsp3) is 0.667. The predicted octanol–water partition coefficient (Wildman–Crippen LogP) is 1.64. The van der Waals surface area contributed by atoms with Crippen molar-refractivity contribution in [3.63, 3.8) is 0 Å². The number of hydrogen-bond donors (Lipinski definition) is 1. The van der Waals surface area contributed by atoms with Crippen LogP contribution in [0.2, 0.25) is 0 Å². The minimum Gasteiger partial charge on any atom is -0.364 e. The number of nitrogens with one attached hydrogen (secondary N) is 1. The Morgan fingerprint density at radius 3 is 2.55 bits per heavy atom. The maximum atomic E-state index is 13.0. The molecule has 1 N–H and O–H groups in total. The highest BCUT2D eigenvalue weighted by Crippen LogP contribution is 2.29. The smallest absolute Gasteiger partial charge is 0.364 e. The van der Waals surface area contributed by atoms with Gasteiger partial charge in [-0.3, -0.25) is 4.98 Å². The minimum absolute atomic E-state index is 0.434. The monoisotopic (exact) mass is 339 g/mol. The van der Waals surface area contributed by atoms with Crippen molar-refractivity contribution in [1.82, 2.24) is 14.7 Å². The Labute approximate surface area is 126 Å². The van der Waals surface area contributed by atoms with Gasteiger partial charge in [0.05, 0.1) is 12.3 Å². The van der Waals surface area contributed by atoms with Gasteiger partial charge in [-0.1, -0.05) is 12.8 Å². The lowest BCUT2D eigenvalue weighted by Gasteiger charge is -2.24. The van der Waals surface area contributed by atoms with Crippen LogP contribution in [0.3, 0.4) is 0 Å². The van der Waals surface area contributed by atoms with E-state index in [9.17, 15) is 21.6 Å². The summed E-state index contributed by atoms with van der Waals surface area (Å²) >= 11 is 0. The van der Waals surface area contributed by atoms with Crippen LogP contribution in [0.4, 0.5) is 13.2 Å². The molecule has 1 atom stereocenters. The summed E-state index contributed by atoms with van der Waals surface area (Å²) in [5, 5.41) is -0.434. The summed E-state index contributed by atoms with van der Waals surface area (Å²) in [4.78, 5) is 7.13. The van der Waals surface area contributed by atoms with E-state index in [-0.39, 0.29) is 0 Å². The van der Waals surface area contributed by atoms with E-state index in [2.05, 4.69) is 9.97 Å². The number of sulfonamides is 1. The Kier molecular flexibility index (Phi) is 5.35. The van der Waals surface area contributed by atoms with Crippen molar-refractivity contribution in [2.45, 2.75) is 49.1 Å². The third-order valence-electron chi connectivity index (χ3n) is 3.30. The van der Waals surface area contributed by atoms with Crippen molar-refractivity contribution in [2.24, 2.45) is 0 Å². The fourth-order valence-corrected chi connectivity index (χ4v) is 3.10. The Morgan fingerprint density at radius 1 is 1.32 bits per heavy atom. The molecule has 1 heterocycles. The summed E-state index contributed by atoms with van der Waals surface area (Å²) in [6.45, 7) is -0.890. The summed E-state index contributed by atoms with van der Waals surface area (Å²) in [6.07, 6.45) is -1.18. The highest BCUT2D eigenvalue weighted by Gasteiger charge is 2.43. The summed E-state index contributed by atoms with van der Waals surface area (Å²) < 4.78 is 69.5. The zero-order valence-electron chi connectivity index (χ0n) is 11.6. The first-order valence-corrected chi connectivity index (χ1v) is 8.25. The molecule has 1 aromatic rings. The topological polar surface area (TPSA) is 81.2 Å². The van der Waals surface area contributed by atoms with Crippen LogP contribution in [-0.2, 0) is 14.8 Å². The molecule has 0 spiro atoms. The zero-order valence-corrected chi connectivity index (χ0v) is 12.4. The van der Waals surface area contributed by atoms with Crippen LogP contribution in [0.5, 0.6) is 0 Å². The van der Waals surface area contributed by atoms with Crippen LogP contribution in [0, 0.1) is 0 Å². The van der Waals surface area contributed by atoms with Gasteiger partial charge in [0.25, 0.3) is 10.0 Å². The molecule has 0 amide bonds. The van der Waals surface area contributed by atoms with Gasteiger partial charge in [-0.15, -0.1) is 0 Å². The van der Waals surface area contributed by atoms with E-state index in [1.165, 1.54) is 6.20 Å². The van der Waals surface area contributed by atoms with Crippen molar-refractivity contribution >= 4 is 10.0 Å². The number of rotatable bonds is 6. The average molecular weight is 339 g/mol. The molecule has 1 saturated carbocycles. The highest BCUT2D eigenvalue weighted by atomic mass is 32.2. The molecule has 0 bridgehead atoms. The predicted molar refractivity (Wildman–Crippen MR) is 70.4 cm³/mol. The largest absolute Gasteiger partial charge is 0.415 e. The van der Waals surface area contributed by atoms with Crippen LogP contribution in [-0.4, -0.2) is 43.3 Å². The van der Waals surface area contributed by atoms with Gasteiger partial charge < -0.3 is 4.74 Å². The van der Waals surface area contributed by atoms with Crippen LogP contribution >= 0.6 is 0 Å². The third kappa shape index (κ3) is 4.62. The van der Waals surface area contributed by atoms with Crippen molar-refractivity contribution in [1.29, 1.82) is 0 Å². The molecular formula is C12H16F3N3O3S. The van der Waals surface area contributed by atoms with Crippen LogP contribution < -0.4 is 4.72 Å². The van der Waals surface area contributed by atoms with Gasteiger partial charge in [0.1, 0.15) is 0 Å². The van der Waals surface area contributed by atoms with Crippen molar-refractivity contribution in [2.75, 3.05) is 6.54 Å². The highest BCUT2D eigenvalue weighted by molar-refractivity contribution is 7.89. The fourth-order valence-electron chi connectivity index (χ4n) is 2.18. The Balaban J connectivity index is 2.01. The molecule has 1 fully saturated rings. The van der Waals surface area contributed by atoms with Crippen LogP contribution in [0.15, 0.2) is 23.6 Å². The minimum atomic E-state index is -4.65. The maximum absolute atomic E-state index is 13.0. The standard InChI is InChI=1S/C12H16F3N3O3S/c13-12(14,15)10(21-9-3-1-2-4-9)7-18-22(19,20)11-8-16-5-6-17-11/h5-6,8-10,18H,1-4,7H2. The van der Waals surface area contributed by atoms with Gasteiger partial charge in [0.2, 0.25) is 0 Å². The first-order valence-electron chi connectivity index (χ1n) is 6.77. The molecule has 0 saturated heterocycles. The van der Waals surface area contributed by atoms with Crippen LogP contribution in [0.1, 0.15) is 25.7 Å². The number of ether oxygens (including phenoxy) is 1. The van der Waals surface area contributed by atoms with Gasteiger partial charge in [-0.05, 0) is 12.8 Å². The van der Waals surface area contributed by atoms with Gasteiger partial charge in [-0.25, -0.2) is 18.1 Å². The number of aromatic nitrogens is 2. The van der Waals surface area contributed by atoms with E-state index in [1.54, 1.807) is 0 Å². The summed E-state index contributed by atoms with van der Waals surface area (Å²) in [6, 6.07) is 0. The van der Waals surface area contributed by atoms with Crippen molar-refractivity contribution in [3.05, 3.63) is 18.6 Å². The molecule has 1 unspecified atom stereocenters. The van der Waals surface area contributed by atoms with Gasteiger partial charge >= 0.3 is 6.18 Å². The quantitative estimate of drug-likeness (QED) is 0.852. The summed E-state index contributed by atoms with van der Waals surface area (Å²) in [5.74, 6) is 0. The SMILES string of the molecule is O=S(=O)(NCC(OC1CCCC1)C(F)(F)F)c1cnccn1. The maximum Gasteiger partial charge on any atom is 0.415 e. The Hall–Kier alpha value is -1.26. The molecule has 124 valence electrons. The lowest BCUT2D eigenvalue weighted by Crippen LogP contribution is -2.44. The summed E-state index contributed by atoms with van der Waals surface area (Å²) in [7, 11) is -4.15. The van der Waals surface area contributed by atoms with Crippen molar-refractivity contribution < 1.29 is 26.3 Å². The van der Waals surface area contributed by atoms with Crippen molar-refractivity contribution in [3.8, 4) is 0 Å². The molecule has 2 rings (SSSR count). The molecule has 6 nitrogen and oxygen atoms in total. The van der Waals surface area contributed by atoms with E-state index < -0.39 is 40.0 Å². The lowest BCUT2D eigenvalue weighted by molar-refractivity contribution is -0.229. The van der Waals surface area contributed by atoms with Gasteiger partial charge in [0, 0.05) is 18.9 Å². The second-order valence-electron chi connectivity index (χ2n) is 4.97. The number of alkyl halides is 3. The zero-order chi connectivity index (χ0) is 16.2. The second-order valence-corrected chi connectivity index (χ2v) is 6.68. The molecule has 1 aliphatic rings. The van der Waals surface area contributed by atoms with Crippen LogP contribution in [0.25, 0.3) is 0 Å². The van der Waals surface area contributed by atoms with E-state index in [0.29, 0.717) is 12.8 Å².